The Morgan fingerprint density at radius 1 is 0.913 bits per heavy atom. The van der Waals surface area contributed by atoms with E-state index in [1.807, 2.05) is 6.07 Å². The van der Waals surface area contributed by atoms with Crippen LogP contribution in [-0.4, -0.2) is 16.7 Å². The van der Waals surface area contributed by atoms with Crippen molar-refractivity contribution in [1.82, 2.24) is 4.90 Å². The first-order valence-electron chi connectivity index (χ1n) is 7.46. The lowest BCUT2D eigenvalue weighted by atomic mass is 10.1. The summed E-state index contributed by atoms with van der Waals surface area (Å²) < 4.78 is 0. The summed E-state index contributed by atoms with van der Waals surface area (Å²) in [6.07, 6.45) is 1.93. The fourth-order valence-electron chi connectivity index (χ4n) is 2.38. The fraction of sp³-hybridized carbons (Fsp3) is 0.158. The van der Waals surface area contributed by atoms with E-state index >= 15 is 0 Å². The molecular weight excluding hydrogens is 310 g/mol. The Bertz CT molecular complexity index is 749. The summed E-state index contributed by atoms with van der Waals surface area (Å²) in [5.41, 5.74) is 1.45. The normalized spacial score (nSPS) is 13.4. The van der Waals surface area contributed by atoms with Crippen LogP contribution in [0, 0.1) is 5.92 Å². The van der Waals surface area contributed by atoms with Gasteiger partial charge in [0.25, 0.3) is 11.8 Å². The van der Waals surface area contributed by atoms with Crippen LogP contribution in [0.4, 0.5) is 0 Å². The molecule has 0 N–H and O–H groups in total. The van der Waals surface area contributed by atoms with Crippen LogP contribution in [0.1, 0.15) is 33.6 Å². The van der Waals surface area contributed by atoms with Gasteiger partial charge in [0.05, 0.1) is 0 Å². The van der Waals surface area contributed by atoms with Crippen LogP contribution in [0.25, 0.3) is 0 Å². The number of carbonyl (C=O) groups excluding carboxylic acids is 2. The minimum atomic E-state index is -0.368. The van der Waals surface area contributed by atoms with Gasteiger partial charge < -0.3 is 0 Å². The highest BCUT2D eigenvalue weighted by molar-refractivity contribution is 6.30. The maximum atomic E-state index is 12.8. The van der Waals surface area contributed by atoms with E-state index < -0.39 is 0 Å². The molecule has 2 aromatic carbocycles. The van der Waals surface area contributed by atoms with Crippen LogP contribution in [-0.2, 0) is 0 Å². The van der Waals surface area contributed by atoms with E-state index in [0.29, 0.717) is 21.8 Å². The lowest BCUT2D eigenvalue weighted by Crippen LogP contribution is -2.36. The van der Waals surface area contributed by atoms with Crippen LogP contribution < -0.4 is 0 Å². The van der Waals surface area contributed by atoms with Crippen molar-refractivity contribution in [3.8, 4) is 0 Å². The minimum absolute atomic E-state index is 0.207. The van der Waals surface area contributed by atoms with Gasteiger partial charge in [0.1, 0.15) is 0 Å². The van der Waals surface area contributed by atoms with Crippen LogP contribution in [0.2, 0.25) is 5.02 Å². The molecule has 23 heavy (non-hydrogen) atoms. The van der Waals surface area contributed by atoms with Crippen molar-refractivity contribution in [1.29, 1.82) is 0 Å². The van der Waals surface area contributed by atoms with E-state index in [1.54, 1.807) is 48.5 Å². The topological polar surface area (TPSA) is 37.4 Å². The predicted molar refractivity (Wildman–Crippen MR) is 90.3 cm³/mol. The van der Waals surface area contributed by atoms with Gasteiger partial charge in [0.15, 0.2) is 0 Å². The Hall–Kier alpha value is -2.39. The average molecular weight is 326 g/mol. The van der Waals surface area contributed by atoms with Gasteiger partial charge in [-0.3, -0.25) is 9.59 Å². The molecule has 3 nitrogen and oxygen atoms in total. The van der Waals surface area contributed by atoms with Crippen molar-refractivity contribution >= 4 is 23.4 Å². The van der Waals surface area contributed by atoms with Crippen LogP contribution in [0.15, 0.2) is 66.9 Å². The summed E-state index contributed by atoms with van der Waals surface area (Å²) >= 11 is 5.87. The molecular formula is C19H16ClNO2. The van der Waals surface area contributed by atoms with Gasteiger partial charge in [-0.05, 0) is 55.2 Å². The van der Waals surface area contributed by atoms with E-state index in [2.05, 4.69) is 6.58 Å². The van der Waals surface area contributed by atoms with Crippen LogP contribution in [0.3, 0.4) is 0 Å². The zero-order valence-electron chi connectivity index (χ0n) is 12.5. The Labute approximate surface area is 140 Å². The van der Waals surface area contributed by atoms with Gasteiger partial charge >= 0.3 is 0 Å². The summed E-state index contributed by atoms with van der Waals surface area (Å²) in [5, 5.41) is 0.545. The third kappa shape index (κ3) is 3.35. The Kier molecular flexibility index (Phi) is 4.30. The average Bonchev–Trinajstić information content (AvgIpc) is 3.41. The van der Waals surface area contributed by atoms with E-state index in [1.165, 1.54) is 4.90 Å². The molecule has 1 aliphatic rings. The van der Waals surface area contributed by atoms with Gasteiger partial charge in [-0.25, -0.2) is 4.90 Å². The van der Waals surface area contributed by atoms with E-state index in [0.717, 1.165) is 12.8 Å². The molecule has 0 unspecified atom stereocenters. The molecule has 4 heteroatoms. The fourth-order valence-corrected chi connectivity index (χ4v) is 2.51. The van der Waals surface area contributed by atoms with Crippen LogP contribution >= 0.6 is 11.6 Å². The number of imide groups is 1. The first-order chi connectivity index (χ1) is 11.1. The number of carbonyl (C=O) groups is 2. The molecule has 0 radical (unpaired) electrons. The van der Waals surface area contributed by atoms with E-state index in [9.17, 15) is 9.59 Å². The summed E-state index contributed by atoms with van der Waals surface area (Å²) in [6, 6.07) is 15.3. The highest BCUT2D eigenvalue weighted by Gasteiger charge is 2.35. The van der Waals surface area contributed by atoms with Crippen molar-refractivity contribution in [2.45, 2.75) is 12.8 Å². The molecule has 1 fully saturated rings. The van der Waals surface area contributed by atoms with Crippen LogP contribution in [0.5, 0.6) is 0 Å². The molecule has 2 aromatic rings. The number of amides is 2. The Balaban J connectivity index is 1.95. The molecule has 2 amide bonds. The maximum Gasteiger partial charge on any atom is 0.265 e. The Morgan fingerprint density at radius 2 is 1.43 bits per heavy atom. The molecule has 3 rings (SSSR count). The van der Waals surface area contributed by atoms with Gasteiger partial charge in [-0.2, -0.15) is 0 Å². The van der Waals surface area contributed by atoms with Gasteiger partial charge in [0, 0.05) is 21.8 Å². The van der Waals surface area contributed by atoms with E-state index in [4.69, 9.17) is 11.6 Å². The number of hydrogen-bond donors (Lipinski definition) is 0. The first-order valence-corrected chi connectivity index (χ1v) is 7.84. The third-order valence-electron chi connectivity index (χ3n) is 3.85. The standard InChI is InChI=1S/C19H16ClNO2/c1-13(14-7-8-14)21(18(22)15-5-3-2-4-6-15)19(23)16-9-11-17(20)12-10-16/h2-6,9-12,14H,1,7-8H2. The molecule has 0 heterocycles. The zero-order valence-corrected chi connectivity index (χ0v) is 13.3. The van der Waals surface area contributed by atoms with Crippen molar-refractivity contribution in [3.63, 3.8) is 0 Å². The van der Waals surface area contributed by atoms with Crippen molar-refractivity contribution < 1.29 is 9.59 Å². The predicted octanol–water partition coefficient (Wildman–Crippen LogP) is 4.55. The molecule has 0 saturated heterocycles. The third-order valence-corrected chi connectivity index (χ3v) is 4.11. The molecule has 0 atom stereocenters. The number of nitrogens with zero attached hydrogens (tertiary/aromatic N) is 1. The molecule has 116 valence electrons. The summed E-state index contributed by atoms with van der Waals surface area (Å²) in [4.78, 5) is 26.9. The smallest absolute Gasteiger partial charge is 0.265 e. The molecule has 1 saturated carbocycles. The number of halogens is 1. The summed E-state index contributed by atoms with van der Waals surface area (Å²) in [7, 11) is 0. The summed E-state index contributed by atoms with van der Waals surface area (Å²) in [6.45, 7) is 3.99. The second-order valence-electron chi connectivity index (χ2n) is 5.58. The zero-order chi connectivity index (χ0) is 16.4. The van der Waals surface area contributed by atoms with Crippen molar-refractivity contribution in [3.05, 3.63) is 83.0 Å². The monoisotopic (exact) mass is 325 g/mol. The van der Waals surface area contributed by atoms with E-state index in [-0.39, 0.29) is 17.7 Å². The molecule has 0 aromatic heterocycles. The minimum Gasteiger partial charge on any atom is -0.268 e. The second kappa shape index (κ2) is 6.39. The number of benzene rings is 2. The SMILES string of the molecule is C=C(C1CC1)N(C(=O)c1ccccc1)C(=O)c1ccc(Cl)cc1. The highest BCUT2D eigenvalue weighted by atomic mass is 35.5. The molecule has 1 aliphatic carbocycles. The lowest BCUT2D eigenvalue weighted by Gasteiger charge is -2.23. The Morgan fingerprint density at radius 3 is 1.96 bits per heavy atom. The van der Waals surface area contributed by atoms with Crippen molar-refractivity contribution in [2.75, 3.05) is 0 Å². The van der Waals surface area contributed by atoms with Crippen molar-refractivity contribution in [2.24, 2.45) is 5.92 Å². The van der Waals surface area contributed by atoms with Gasteiger partial charge in [-0.15, -0.1) is 0 Å². The lowest BCUT2D eigenvalue weighted by molar-refractivity contribution is 0.0660. The first kappa shape index (κ1) is 15.5. The second-order valence-corrected chi connectivity index (χ2v) is 6.02. The van der Waals surface area contributed by atoms with Gasteiger partial charge in [-0.1, -0.05) is 36.4 Å². The van der Waals surface area contributed by atoms with Gasteiger partial charge in [0.2, 0.25) is 0 Å². The quantitative estimate of drug-likeness (QED) is 0.773. The molecule has 0 spiro atoms. The number of allylic oxidation sites excluding steroid dienone is 1. The maximum absolute atomic E-state index is 12.8. The molecule has 0 bridgehead atoms. The largest absolute Gasteiger partial charge is 0.268 e. The number of hydrogen-bond acceptors (Lipinski definition) is 2. The highest BCUT2D eigenvalue weighted by Crippen LogP contribution is 2.38. The molecule has 0 aliphatic heterocycles. The summed E-state index contributed by atoms with van der Waals surface area (Å²) in [5.74, 6) is -0.506. The number of rotatable bonds is 4.